The Morgan fingerprint density at radius 2 is 2.12 bits per heavy atom. The summed E-state index contributed by atoms with van der Waals surface area (Å²) in [7, 11) is 1.67. The van der Waals surface area contributed by atoms with Crippen molar-refractivity contribution in [3.8, 4) is 0 Å². The van der Waals surface area contributed by atoms with Gasteiger partial charge < -0.3 is 15.4 Å². The van der Waals surface area contributed by atoms with E-state index in [1.165, 1.54) is 30.6 Å². The normalized spacial score (nSPS) is 16.0. The van der Waals surface area contributed by atoms with Crippen LogP contribution in [0.5, 0.6) is 0 Å². The molecule has 0 radical (unpaired) electrons. The summed E-state index contributed by atoms with van der Waals surface area (Å²) in [4.78, 5) is 13.7. The minimum absolute atomic E-state index is 0.106. The van der Waals surface area contributed by atoms with Crippen LogP contribution in [-0.2, 0) is 11.3 Å². The molecule has 0 bridgehead atoms. The van der Waals surface area contributed by atoms with Gasteiger partial charge in [-0.2, -0.15) is 0 Å². The maximum absolute atomic E-state index is 12.5. The molecule has 1 aromatic heterocycles. The standard InChI is InChI=1S/C19H24N2O2S/c1-23-13-14-6-4-9-16(12-14)20-19(22)21-18(15-7-2-3-8-15)17-10-5-11-24-17/h4-6,9-12,15,18H,2-3,7-8,13H2,1H3,(H2,20,21,22). The third-order valence-corrected chi connectivity index (χ3v) is 5.46. The first kappa shape index (κ1) is 17.0. The number of methoxy groups -OCH3 is 1. The topological polar surface area (TPSA) is 50.4 Å². The van der Waals surface area contributed by atoms with E-state index in [4.69, 9.17) is 4.74 Å². The van der Waals surface area contributed by atoms with Crippen LogP contribution in [0.25, 0.3) is 0 Å². The van der Waals surface area contributed by atoms with Crippen LogP contribution in [0.4, 0.5) is 10.5 Å². The van der Waals surface area contributed by atoms with Crippen molar-refractivity contribution >= 4 is 23.1 Å². The van der Waals surface area contributed by atoms with E-state index in [9.17, 15) is 4.79 Å². The summed E-state index contributed by atoms with van der Waals surface area (Å²) in [6, 6.07) is 11.9. The van der Waals surface area contributed by atoms with Crippen molar-refractivity contribution in [2.75, 3.05) is 12.4 Å². The Morgan fingerprint density at radius 3 is 2.83 bits per heavy atom. The quantitative estimate of drug-likeness (QED) is 0.779. The molecule has 1 aliphatic carbocycles. The molecular weight excluding hydrogens is 320 g/mol. The van der Waals surface area contributed by atoms with E-state index in [1.54, 1.807) is 18.4 Å². The third kappa shape index (κ3) is 4.36. The smallest absolute Gasteiger partial charge is 0.319 e. The lowest BCUT2D eigenvalue weighted by Gasteiger charge is -2.24. The van der Waals surface area contributed by atoms with Crippen LogP contribution in [0.1, 0.15) is 42.2 Å². The monoisotopic (exact) mass is 344 g/mol. The largest absolute Gasteiger partial charge is 0.380 e. The lowest BCUT2D eigenvalue weighted by molar-refractivity contribution is 0.185. The summed E-state index contributed by atoms with van der Waals surface area (Å²) in [6.07, 6.45) is 4.89. The first-order valence-corrected chi connectivity index (χ1v) is 9.33. The number of carbonyl (C=O) groups excluding carboxylic acids is 1. The number of carbonyl (C=O) groups is 1. The van der Waals surface area contributed by atoms with Gasteiger partial charge in [0.25, 0.3) is 0 Å². The predicted octanol–water partition coefficient (Wildman–Crippen LogP) is 4.95. The highest BCUT2D eigenvalue weighted by Gasteiger charge is 2.28. The Kier molecular flexibility index (Phi) is 5.88. The van der Waals surface area contributed by atoms with Gasteiger partial charge in [-0.05, 0) is 47.9 Å². The molecule has 1 unspecified atom stereocenters. The minimum atomic E-state index is -0.144. The summed E-state index contributed by atoms with van der Waals surface area (Å²) in [6.45, 7) is 0.539. The Hall–Kier alpha value is -1.85. The molecule has 2 N–H and O–H groups in total. The van der Waals surface area contributed by atoms with E-state index in [-0.39, 0.29) is 12.1 Å². The van der Waals surface area contributed by atoms with Crippen LogP contribution in [-0.4, -0.2) is 13.1 Å². The van der Waals surface area contributed by atoms with Gasteiger partial charge in [0, 0.05) is 17.7 Å². The molecule has 5 heteroatoms. The van der Waals surface area contributed by atoms with E-state index < -0.39 is 0 Å². The van der Waals surface area contributed by atoms with Crippen molar-refractivity contribution in [2.24, 2.45) is 5.92 Å². The highest BCUT2D eigenvalue weighted by molar-refractivity contribution is 7.10. The zero-order valence-electron chi connectivity index (χ0n) is 14.0. The van der Waals surface area contributed by atoms with E-state index in [1.807, 2.05) is 24.3 Å². The summed E-state index contributed by atoms with van der Waals surface area (Å²) < 4.78 is 5.14. The minimum Gasteiger partial charge on any atom is -0.380 e. The second-order valence-corrected chi connectivity index (χ2v) is 7.25. The highest BCUT2D eigenvalue weighted by atomic mass is 32.1. The van der Waals surface area contributed by atoms with Gasteiger partial charge in [0.1, 0.15) is 0 Å². The molecule has 1 saturated carbocycles. The maximum Gasteiger partial charge on any atom is 0.319 e. The summed E-state index contributed by atoms with van der Waals surface area (Å²) in [5.41, 5.74) is 1.83. The molecule has 24 heavy (non-hydrogen) atoms. The number of urea groups is 1. The molecule has 1 aromatic carbocycles. The van der Waals surface area contributed by atoms with Gasteiger partial charge in [-0.1, -0.05) is 31.0 Å². The van der Waals surface area contributed by atoms with Crippen LogP contribution in [0.2, 0.25) is 0 Å². The molecule has 2 aromatic rings. The summed E-state index contributed by atoms with van der Waals surface area (Å²) >= 11 is 1.72. The Morgan fingerprint density at radius 1 is 1.29 bits per heavy atom. The average Bonchev–Trinajstić information content (AvgIpc) is 3.27. The van der Waals surface area contributed by atoms with Crippen molar-refractivity contribution in [1.82, 2.24) is 5.32 Å². The van der Waals surface area contributed by atoms with E-state index in [0.717, 1.165) is 11.3 Å². The zero-order chi connectivity index (χ0) is 16.8. The van der Waals surface area contributed by atoms with Crippen molar-refractivity contribution < 1.29 is 9.53 Å². The van der Waals surface area contributed by atoms with Crippen LogP contribution >= 0.6 is 11.3 Å². The molecular formula is C19H24N2O2S. The summed E-state index contributed by atoms with van der Waals surface area (Å²) in [5.74, 6) is 0.536. The second-order valence-electron chi connectivity index (χ2n) is 6.27. The second kappa shape index (κ2) is 8.31. The molecule has 128 valence electrons. The molecule has 1 fully saturated rings. The van der Waals surface area contributed by atoms with Crippen LogP contribution < -0.4 is 10.6 Å². The molecule has 2 amide bonds. The number of anilines is 1. The van der Waals surface area contributed by atoms with Gasteiger partial charge in [-0.3, -0.25) is 0 Å². The molecule has 4 nitrogen and oxygen atoms in total. The lowest BCUT2D eigenvalue weighted by atomic mass is 9.97. The summed E-state index contributed by atoms with van der Waals surface area (Å²) in [5, 5.41) is 8.22. The highest BCUT2D eigenvalue weighted by Crippen LogP contribution is 2.37. The Labute approximate surface area is 147 Å². The molecule has 0 spiro atoms. The average molecular weight is 344 g/mol. The van der Waals surface area contributed by atoms with Crippen molar-refractivity contribution in [2.45, 2.75) is 38.3 Å². The van der Waals surface area contributed by atoms with Gasteiger partial charge in [-0.25, -0.2) is 4.79 Å². The van der Waals surface area contributed by atoms with Crippen LogP contribution in [0.3, 0.4) is 0 Å². The number of rotatable bonds is 6. The van der Waals surface area contributed by atoms with Gasteiger partial charge in [0.2, 0.25) is 0 Å². The third-order valence-electron chi connectivity index (χ3n) is 4.50. The lowest BCUT2D eigenvalue weighted by Crippen LogP contribution is -2.35. The predicted molar refractivity (Wildman–Crippen MR) is 98.3 cm³/mol. The number of nitrogens with one attached hydrogen (secondary N) is 2. The Bertz CT molecular complexity index is 651. The fraction of sp³-hybridized carbons (Fsp3) is 0.421. The first-order valence-electron chi connectivity index (χ1n) is 8.45. The SMILES string of the molecule is COCc1cccc(NC(=O)NC(c2cccs2)C2CCCC2)c1. The number of thiophene rings is 1. The number of hydrogen-bond donors (Lipinski definition) is 2. The van der Waals surface area contributed by atoms with E-state index in [2.05, 4.69) is 28.1 Å². The van der Waals surface area contributed by atoms with Gasteiger partial charge in [0.15, 0.2) is 0 Å². The molecule has 1 heterocycles. The molecule has 0 aliphatic heterocycles. The number of ether oxygens (including phenoxy) is 1. The number of amides is 2. The van der Waals surface area contributed by atoms with Crippen LogP contribution in [0, 0.1) is 5.92 Å². The van der Waals surface area contributed by atoms with E-state index >= 15 is 0 Å². The Balaban J connectivity index is 1.66. The van der Waals surface area contributed by atoms with Crippen molar-refractivity contribution in [3.05, 3.63) is 52.2 Å². The van der Waals surface area contributed by atoms with Gasteiger partial charge >= 0.3 is 6.03 Å². The number of hydrogen-bond acceptors (Lipinski definition) is 3. The maximum atomic E-state index is 12.5. The first-order chi connectivity index (χ1) is 11.8. The fourth-order valence-electron chi connectivity index (χ4n) is 3.39. The molecule has 3 rings (SSSR count). The van der Waals surface area contributed by atoms with Crippen molar-refractivity contribution in [3.63, 3.8) is 0 Å². The fourth-order valence-corrected chi connectivity index (χ4v) is 4.26. The molecule has 1 aliphatic rings. The molecule has 0 saturated heterocycles. The number of benzene rings is 1. The van der Waals surface area contributed by atoms with Gasteiger partial charge in [0.05, 0.1) is 12.6 Å². The van der Waals surface area contributed by atoms with Gasteiger partial charge in [-0.15, -0.1) is 11.3 Å². The van der Waals surface area contributed by atoms with Crippen LogP contribution in [0.15, 0.2) is 41.8 Å². The molecule has 1 atom stereocenters. The van der Waals surface area contributed by atoms with Crippen molar-refractivity contribution in [1.29, 1.82) is 0 Å². The van der Waals surface area contributed by atoms with E-state index in [0.29, 0.717) is 12.5 Å². The zero-order valence-corrected chi connectivity index (χ0v) is 14.8.